The van der Waals surface area contributed by atoms with E-state index in [1.54, 1.807) is 37.7 Å². The van der Waals surface area contributed by atoms with E-state index >= 15 is 0 Å². The second-order valence-corrected chi connectivity index (χ2v) is 6.20. The van der Waals surface area contributed by atoms with Crippen LogP contribution in [-0.4, -0.2) is 19.2 Å². The van der Waals surface area contributed by atoms with Crippen molar-refractivity contribution in [2.45, 2.75) is 6.92 Å². The van der Waals surface area contributed by atoms with Crippen molar-refractivity contribution in [3.63, 3.8) is 0 Å². The standard InChI is InChI=1S/C18H16FNO2S/c1-11-17(12-4-6-13(19)7-5-12)20-18(23-11)15-9-8-14(21-2)10-16(15)22-3/h4-10H,1-3H3. The monoisotopic (exact) mass is 329 g/mol. The molecule has 0 N–H and O–H groups in total. The molecule has 0 aliphatic heterocycles. The van der Waals surface area contributed by atoms with Gasteiger partial charge in [-0.15, -0.1) is 11.3 Å². The van der Waals surface area contributed by atoms with E-state index in [1.807, 2.05) is 25.1 Å². The van der Waals surface area contributed by atoms with Gasteiger partial charge in [0.15, 0.2) is 0 Å². The second kappa shape index (κ2) is 6.38. The molecule has 23 heavy (non-hydrogen) atoms. The van der Waals surface area contributed by atoms with Crippen LogP contribution in [-0.2, 0) is 0 Å². The summed E-state index contributed by atoms with van der Waals surface area (Å²) in [5.74, 6) is 1.19. The van der Waals surface area contributed by atoms with Crippen LogP contribution in [0.5, 0.6) is 11.5 Å². The van der Waals surface area contributed by atoms with Crippen LogP contribution in [0.15, 0.2) is 42.5 Å². The van der Waals surface area contributed by atoms with Gasteiger partial charge in [-0.1, -0.05) is 0 Å². The van der Waals surface area contributed by atoms with Gasteiger partial charge < -0.3 is 9.47 Å². The van der Waals surface area contributed by atoms with E-state index in [0.29, 0.717) is 5.75 Å². The lowest BCUT2D eigenvalue weighted by Gasteiger charge is -2.08. The van der Waals surface area contributed by atoms with E-state index in [0.717, 1.165) is 32.5 Å². The minimum absolute atomic E-state index is 0.251. The number of aryl methyl sites for hydroxylation is 1. The number of aromatic nitrogens is 1. The molecule has 0 unspecified atom stereocenters. The van der Waals surface area contributed by atoms with Gasteiger partial charge in [0.05, 0.1) is 25.5 Å². The summed E-state index contributed by atoms with van der Waals surface area (Å²) in [5, 5.41) is 0.862. The van der Waals surface area contributed by atoms with Crippen molar-refractivity contribution in [2.75, 3.05) is 14.2 Å². The molecule has 5 heteroatoms. The third kappa shape index (κ3) is 3.05. The first-order chi connectivity index (χ1) is 11.1. The molecule has 118 valence electrons. The number of halogens is 1. The van der Waals surface area contributed by atoms with Crippen LogP contribution in [0, 0.1) is 12.7 Å². The Morgan fingerprint density at radius 1 is 1.00 bits per heavy atom. The first kappa shape index (κ1) is 15.5. The Morgan fingerprint density at radius 2 is 1.74 bits per heavy atom. The molecule has 1 aromatic heterocycles. The van der Waals surface area contributed by atoms with Gasteiger partial charge in [0.25, 0.3) is 0 Å². The third-order valence-electron chi connectivity index (χ3n) is 3.55. The second-order valence-electron chi connectivity index (χ2n) is 5.00. The van der Waals surface area contributed by atoms with E-state index in [9.17, 15) is 4.39 Å². The fraction of sp³-hybridized carbons (Fsp3) is 0.167. The SMILES string of the molecule is COc1ccc(-c2nc(-c3ccc(F)cc3)c(C)s2)c(OC)c1. The molecule has 0 saturated carbocycles. The molecule has 0 fully saturated rings. The fourth-order valence-corrected chi connectivity index (χ4v) is 3.33. The van der Waals surface area contributed by atoms with Gasteiger partial charge in [-0.2, -0.15) is 0 Å². The Balaban J connectivity index is 2.05. The topological polar surface area (TPSA) is 31.4 Å². The number of hydrogen-bond donors (Lipinski definition) is 0. The van der Waals surface area contributed by atoms with Crippen LogP contribution in [0.25, 0.3) is 21.8 Å². The number of methoxy groups -OCH3 is 2. The van der Waals surface area contributed by atoms with Gasteiger partial charge in [-0.05, 0) is 43.3 Å². The van der Waals surface area contributed by atoms with Crippen molar-refractivity contribution in [1.82, 2.24) is 4.98 Å². The quantitative estimate of drug-likeness (QED) is 0.679. The number of nitrogens with zero attached hydrogens (tertiary/aromatic N) is 1. The van der Waals surface area contributed by atoms with Crippen molar-refractivity contribution in [3.05, 3.63) is 53.2 Å². The number of rotatable bonds is 4. The normalized spacial score (nSPS) is 10.6. The molecule has 3 nitrogen and oxygen atoms in total. The average molecular weight is 329 g/mol. The first-order valence-corrected chi connectivity index (χ1v) is 7.90. The van der Waals surface area contributed by atoms with Gasteiger partial charge in [0.1, 0.15) is 22.3 Å². The maximum atomic E-state index is 13.1. The summed E-state index contributed by atoms with van der Waals surface area (Å²) in [6.45, 7) is 2.01. The maximum absolute atomic E-state index is 13.1. The Morgan fingerprint density at radius 3 is 2.39 bits per heavy atom. The minimum Gasteiger partial charge on any atom is -0.497 e. The highest BCUT2D eigenvalue weighted by Gasteiger charge is 2.15. The maximum Gasteiger partial charge on any atom is 0.132 e. The molecule has 0 amide bonds. The molecular weight excluding hydrogens is 313 g/mol. The fourth-order valence-electron chi connectivity index (χ4n) is 2.36. The Hall–Kier alpha value is -2.40. The van der Waals surface area contributed by atoms with E-state index in [2.05, 4.69) is 0 Å². The molecular formula is C18H16FNO2S. The molecule has 0 bridgehead atoms. The van der Waals surface area contributed by atoms with Crippen LogP contribution >= 0.6 is 11.3 Å². The zero-order valence-electron chi connectivity index (χ0n) is 13.1. The molecule has 2 aromatic carbocycles. The van der Waals surface area contributed by atoms with Crippen LogP contribution in [0.3, 0.4) is 0 Å². The third-order valence-corrected chi connectivity index (χ3v) is 4.56. The predicted molar refractivity (Wildman–Crippen MR) is 90.8 cm³/mol. The Kier molecular flexibility index (Phi) is 4.30. The summed E-state index contributed by atoms with van der Waals surface area (Å²) in [5.41, 5.74) is 2.68. The van der Waals surface area contributed by atoms with E-state index in [4.69, 9.17) is 14.5 Å². The van der Waals surface area contributed by atoms with Crippen molar-refractivity contribution in [1.29, 1.82) is 0 Å². The first-order valence-electron chi connectivity index (χ1n) is 7.08. The zero-order valence-corrected chi connectivity index (χ0v) is 13.9. The van der Waals surface area contributed by atoms with E-state index < -0.39 is 0 Å². The van der Waals surface area contributed by atoms with Crippen LogP contribution in [0.1, 0.15) is 4.88 Å². The lowest BCUT2D eigenvalue weighted by molar-refractivity contribution is 0.395. The molecule has 0 aliphatic rings. The molecule has 3 rings (SSSR count). The van der Waals surface area contributed by atoms with E-state index in [1.165, 1.54) is 12.1 Å². The Bertz CT molecular complexity index is 828. The number of ether oxygens (including phenoxy) is 2. The molecule has 3 aromatic rings. The van der Waals surface area contributed by atoms with Gasteiger partial charge in [0.2, 0.25) is 0 Å². The number of thiazole rings is 1. The lowest BCUT2D eigenvalue weighted by Crippen LogP contribution is -1.90. The van der Waals surface area contributed by atoms with Crippen molar-refractivity contribution < 1.29 is 13.9 Å². The van der Waals surface area contributed by atoms with Crippen LogP contribution in [0.4, 0.5) is 4.39 Å². The molecule has 0 aliphatic carbocycles. The van der Waals surface area contributed by atoms with Crippen LogP contribution < -0.4 is 9.47 Å². The highest BCUT2D eigenvalue weighted by Crippen LogP contribution is 2.38. The lowest BCUT2D eigenvalue weighted by atomic mass is 10.1. The molecule has 0 saturated heterocycles. The number of benzene rings is 2. The summed E-state index contributed by atoms with van der Waals surface area (Å²) in [4.78, 5) is 5.79. The highest BCUT2D eigenvalue weighted by atomic mass is 32.1. The van der Waals surface area contributed by atoms with Crippen molar-refractivity contribution in [2.24, 2.45) is 0 Å². The zero-order chi connectivity index (χ0) is 16.4. The smallest absolute Gasteiger partial charge is 0.132 e. The summed E-state index contributed by atoms with van der Waals surface area (Å²) >= 11 is 1.58. The number of hydrogen-bond acceptors (Lipinski definition) is 4. The van der Waals surface area contributed by atoms with Crippen molar-refractivity contribution >= 4 is 11.3 Å². The molecule has 1 heterocycles. The van der Waals surface area contributed by atoms with Crippen LogP contribution in [0.2, 0.25) is 0 Å². The molecule has 0 spiro atoms. The van der Waals surface area contributed by atoms with E-state index in [-0.39, 0.29) is 5.82 Å². The van der Waals surface area contributed by atoms with Gasteiger partial charge >= 0.3 is 0 Å². The van der Waals surface area contributed by atoms with Gasteiger partial charge in [-0.3, -0.25) is 0 Å². The summed E-state index contributed by atoms with van der Waals surface area (Å²) in [6.07, 6.45) is 0. The summed E-state index contributed by atoms with van der Waals surface area (Å²) in [6, 6.07) is 12.0. The van der Waals surface area contributed by atoms with Gasteiger partial charge in [-0.25, -0.2) is 9.37 Å². The average Bonchev–Trinajstić information content (AvgIpc) is 2.96. The van der Waals surface area contributed by atoms with Gasteiger partial charge in [0, 0.05) is 16.5 Å². The molecule has 0 radical (unpaired) electrons. The molecule has 0 atom stereocenters. The summed E-state index contributed by atoms with van der Waals surface area (Å²) in [7, 11) is 3.24. The minimum atomic E-state index is -0.251. The Labute approximate surface area is 138 Å². The van der Waals surface area contributed by atoms with Crippen molar-refractivity contribution in [3.8, 4) is 33.3 Å². The predicted octanol–water partition coefficient (Wildman–Crippen LogP) is 4.94. The summed E-state index contributed by atoms with van der Waals surface area (Å²) < 4.78 is 23.8. The highest BCUT2D eigenvalue weighted by molar-refractivity contribution is 7.15. The largest absolute Gasteiger partial charge is 0.497 e.